The molecule has 4 heteroatoms. The number of rotatable bonds is 4. The lowest BCUT2D eigenvalue weighted by atomic mass is 9.85. The van der Waals surface area contributed by atoms with Gasteiger partial charge in [-0.2, -0.15) is 0 Å². The summed E-state index contributed by atoms with van der Waals surface area (Å²) in [4.78, 5) is 0.422. The van der Waals surface area contributed by atoms with Crippen molar-refractivity contribution < 1.29 is 8.42 Å². The van der Waals surface area contributed by atoms with Gasteiger partial charge < -0.3 is 0 Å². The smallest absolute Gasteiger partial charge is 0.208 e. The normalized spacial score (nSPS) is 14.3. The third-order valence-electron chi connectivity index (χ3n) is 3.56. The molecule has 0 radical (unpaired) electrons. The van der Waals surface area contributed by atoms with E-state index in [0.29, 0.717) is 4.90 Å². The quantitative estimate of drug-likeness (QED) is 0.921. The first-order valence-electron chi connectivity index (χ1n) is 7.13. The number of sulfonamides is 1. The number of aryl methyl sites for hydroxylation is 2. The highest BCUT2D eigenvalue weighted by molar-refractivity contribution is 7.89. The Morgan fingerprint density at radius 3 is 1.95 bits per heavy atom. The van der Waals surface area contributed by atoms with Gasteiger partial charge in [-0.05, 0) is 49.3 Å². The van der Waals surface area contributed by atoms with Crippen molar-refractivity contribution in [3.8, 4) is 0 Å². The van der Waals surface area contributed by atoms with E-state index in [-0.39, 0.29) is 11.5 Å². The van der Waals surface area contributed by atoms with Crippen molar-refractivity contribution in [3.63, 3.8) is 0 Å². The van der Waals surface area contributed by atoms with E-state index < -0.39 is 10.0 Å². The molecule has 1 N–H and O–H groups in total. The number of benzene rings is 1. The van der Waals surface area contributed by atoms with Crippen molar-refractivity contribution in [2.45, 2.75) is 71.2 Å². The van der Waals surface area contributed by atoms with Crippen LogP contribution >= 0.6 is 0 Å². The fraction of sp³-hybridized carbons (Fsp3) is 0.625. The van der Waals surface area contributed by atoms with Crippen LogP contribution in [0.2, 0.25) is 0 Å². The van der Waals surface area contributed by atoms with Crippen LogP contribution < -0.4 is 4.72 Å². The third kappa shape index (κ3) is 3.83. The molecule has 0 aliphatic rings. The van der Waals surface area contributed by atoms with Crippen molar-refractivity contribution in [2.75, 3.05) is 0 Å². The van der Waals surface area contributed by atoms with E-state index in [1.807, 2.05) is 39.8 Å². The largest absolute Gasteiger partial charge is 0.241 e. The van der Waals surface area contributed by atoms with Gasteiger partial charge >= 0.3 is 0 Å². The van der Waals surface area contributed by atoms with Crippen molar-refractivity contribution in [1.29, 1.82) is 0 Å². The first-order valence-corrected chi connectivity index (χ1v) is 8.61. The molecule has 3 nitrogen and oxygen atoms in total. The standard InChI is InChI=1S/C16H27NO2S/c1-8-13(4)17-20(18,19)15-11(2)9-14(10-12(15)3)16(5,6)7/h9-10,13,17H,8H2,1-7H3/t13-/m0/s1. The second-order valence-corrected chi connectivity index (χ2v) is 8.27. The van der Waals surface area contributed by atoms with Gasteiger partial charge in [0.1, 0.15) is 0 Å². The van der Waals surface area contributed by atoms with Gasteiger partial charge in [-0.3, -0.25) is 0 Å². The molecule has 0 saturated carbocycles. The predicted molar refractivity (Wildman–Crippen MR) is 84.7 cm³/mol. The fourth-order valence-electron chi connectivity index (χ4n) is 2.21. The average molecular weight is 297 g/mol. The van der Waals surface area contributed by atoms with Gasteiger partial charge in [0.2, 0.25) is 10.0 Å². The number of hydrogen-bond acceptors (Lipinski definition) is 2. The Hall–Kier alpha value is -0.870. The molecule has 0 fully saturated rings. The Bertz CT molecular complexity index is 560. The first kappa shape index (κ1) is 17.2. The molecular formula is C16H27NO2S. The molecule has 0 spiro atoms. The molecule has 0 aliphatic heterocycles. The molecular weight excluding hydrogens is 270 g/mol. The third-order valence-corrected chi connectivity index (χ3v) is 5.46. The molecule has 1 aromatic rings. The maximum atomic E-state index is 12.5. The average Bonchev–Trinajstić information content (AvgIpc) is 2.25. The lowest BCUT2D eigenvalue weighted by Gasteiger charge is -2.23. The Labute approximate surface area is 123 Å². The van der Waals surface area contributed by atoms with E-state index in [1.165, 1.54) is 0 Å². The van der Waals surface area contributed by atoms with E-state index in [4.69, 9.17) is 0 Å². The van der Waals surface area contributed by atoms with Crippen molar-refractivity contribution in [2.24, 2.45) is 0 Å². The minimum absolute atomic E-state index is 0.0158. The highest BCUT2D eigenvalue weighted by atomic mass is 32.2. The predicted octanol–water partition coefficient (Wildman–Crippen LogP) is 3.68. The van der Waals surface area contributed by atoms with Gasteiger partial charge in [-0.1, -0.05) is 39.8 Å². The zero-order valence-electron chi connectivity index (χ0n) is 13.7. The monoisotopic (exact) mass is 297 g/mol. The highest BCUT2D eigenvalue weighted by Crippen LogP contribution is 2.29. The highest BCUT2D eigenvalue weighted by Gasteiger charge is 2.24. The lowest BCUT2D eigenvalue weighted by Crippen LogP contribution is -2.33. The first-order chi connectivity index (χ1) is 8.99. The molecule has 1 aromatic carbocycles. The lowest BCUT2D eigenvalue weighted by molar-refractivity contribution is 0.553. The molecule has 0 saturated heterocycles. The van der Waals surface area contributed by atoms with Crippen LogP contribution in [0.15, 0.2) is 17.0 Å². The summed E-state index contributed by atoms with van der Waals surface area (Å²) in [6.07, 6.45) is 0.775. The molecule has 0 aromatic heterocycles. The summed E-state index contributed by atoms with van der Waals surface area (Å²) >= 11 is 0. The molecule has 114 valence electrons. The van der Waals surface area contributed by atoms with Crippen LogP contribution in [0.1, 0.15) is 57.7 Å². The fourth-order valence-corrected chi connectivity index (χ4v) is 3.99. The zero-order chi connectivity index (χ0) is 15.7. The Kier molecular flexibility index (Phi) is 5.03. The molecule has 20 heavy (non-hydrogen) atoms. The van der Waals surface area contributed by atoms with Gasteiger partial charge in [0, 0.05) is 6.04 Å². The molecule has 1 rings (SSSR count). The van der Waals surface area contributed by atoms with Crippen LogP contribution in [-0.4, -0.2) is 14.5 Å². The zero-order valence-corrected chi connectivity index (χ0v) is 14.5. The van der Waals surface area contributed by atoms with Crippen LogP contribution in [0.3, 0.4) is 0 Å². The number of hydrogen-bond donors (Lipinski definition) is 1. The van der Waals surface area contributed by atoms with E-state index in [2.05, 4.69) is 25.5 Å². The number of nitrogens with one attached hydrogen (secondary N) is 1. The Morgan fingerprint density at radius 2 is 1.60 bits per heavy atom. The summed E-state index contributed by atoms with van der Waals surface area (Å²) in [6.45, 7) is 14.0. The van der Waals surface area contributed by atoms with Crippen molar-refractivity contribution >= 4 is 10.0 Å². The Morgan fingerprint density at radius 1 is 1.15 bits per heavy atom. The molecule has 0 heterocycles. The van der Waals surface area contributed by atoms with Gasteiger partial charge in [0.25, 0.3) is 0 Å². The summed E-state index contributed by atoms with van der Waals surface area (Å²) in [6, 6.07) is 3.91. The minimum atomic E-state index is -3.45. The van der Waals surface area contributed by atoms with Crippen LogP contribution in [0.4, 0.5) is 0 Å². The van der Waals surface area contributed by atoms with Crippen LogP contribution in [0.25, 0.3) is 0 Å². The molecule has 1 atom stereocenters. The SMILES string of the molecule is CC[C@H](C)NS(=O)(=O)c1c(C)cc(C(C)(C)C)cc1C. The molecule has 0 unspecified atom stereocenters. The van der Waals surface area contributed by atoms with Crippen molar-refractivity contribution in [3.05, 3.63) is 28.8 Å². The van der Waals surface area contributed by atoms with Crippen LogP contribution in [0.5, 0.6) is 0 Å². The second kappa shape index (κ2) is 5.86. The van der Waals surface area contributed by atoms with E-state index in [1.54, 1.807) is 0 Å². The summed E-state index contributed by atoms with van der Waals surface area (Å²) in [5, 5.41) is 0. The summed E-state index contributed by atoms with van der Waals surface area (Å²) in [7, 11) is -3.45. The van der Waals surface area contributed by atoms with E-state index in [0.717, 1.165) is 23.1 Å². The van der Waals surface area contributed by atoms with E-state index >= 15 is 0 Å². The Balaban J connectivity index is 3.34. The van der Waals surface area contributed by atoms with Gasteiger partial charge in [-0.25, -0.2) is 13.1 Å². The van der Waals surface area contributed by atoms with Gasteiger partial charge in [0.05, 0.1) is 4.90 Å². The van der Waals surface area contributed by atoms with Crippen molar-refractivity contribution in [1.82, 2.24) is 4.72 Å². The topological polar surface area (TPSA) is 46.2 Å². The summed E-state index contributed by atoms with van der Waals surface area (Å²) in [5.41, 5.74) is 2.80. The maximum Gasteiger partial charge on any atom is 0.241 e. The minimum Gasteiger partial charge on any atom is -0.208 e. The van der Waals surface area contributed by atoms with Gasteiger partial charge in [0.15, 0.2) is 0 Å². The van der Waals surface area contributed by atoms with Crippen LogP contribution in [-0.2, 0) is 15.4 Å². The second-order valence-electron chi connectivity index (χ2n) is 6.62. The van der Waals surface area contributed by atoms with Gasteiger partial charge in [-0.15, -0.1) is 0 Å². The summed E-state index contributed by atoms with van der Waals surface area (Å²) in [5.74, 6) is 0. The molecule has 0 bridgehead atoms. The maximum absolute atomic E-state index is 12.5. The van der Waals surface area contributed by atoms with Crippen LogP contribution in [0, 0.1) is 13.8 Å². The molecule has 0 aliphatic carbocycles. The summed E-state index contributed by atoms with van der Waals surface area (Å²) < 4.78 is 27.7. The molecule has 0 amide bonds. The van der Waals surface area contributed by atoms with E-state index in [9.17, 15) is 8.42 Å².